The van der Waals surface area contributed by atoms with E-state index in [1.807, 2.05) is 72.8 Å². The molecular weight excluding hydrogens is 733 g/mol. The average molecular weight is 769 g/mol. The number of nitrogens with zero attached hydrogens (tertiary/aromatic N) is 4. The molecule has 0 aliphatic heterocycles. The third-order valence-corrected chi connectivity index (χ3v) is 11.1. The predicted molar refractivity (Wildman–Crippen MR) is 246 cm³/mol. The molecule has 0 amide bonds. The van der Waals surface area contributed by atoms with Crippen molar-refractivity contribution in [3.63, 3.8) is 0 Å². The number of anilines is 3. The van der Waals surface area contributed by atoms with E-state index in [1.165, 1.54) is 11.1 Å². The van der Waals surface area contributed by atoms with Crippen LogP contribution in [0.1, 0.15) is 0 Å². The van der Waals surface area contributed by atoms with Crippen molar-refractivity contribution >= 4 is 49.8 Å². The number of hydrogen-bond donors (Lipinski definition) is 0. The Labute approximate surface area is 347 Å². The van der Waals surface area contributed by atoms with Crippen molar-refractivity contribution in [2.24, 2.45) is 0 Å². The molecule has 0 atom stereocenters. The third kappa shape index (κ3) is 6.45. The van der Waals surface area contributed by atoms with Crippen LogP contribution in [-0.2, 0) is 0 Å². The van der Waals surface area contributed by atoms with E-state index in [9.17, 15) is 0 Å². The van der Waals surface area contributed by atoms with Crippen LogP contribution in [0.2, 0.25) is 0 Å². The van der Waals surface area contributed by atoms with Crippen molar-refractivity contribution in [3.8, 4) is 56.4 Å². The summed E-state index contributed by atoms with van der Waals surface area (Å²) in [5.74, 6) is 1.84. The van der Waals surface area contributed by atoms with Crippen LogP contribution in [0.25, 0.3) is 89.1 Å². The monoisotopic (exact) mass is 768 g/mol. The van der Waals surface area contributed by atoms with Crippen LogP contribution in [0.4, 0.5) is 17.1 Å². The lowest BCUT2D eigenvalue weighted by molar-refractivity contribution is 0.669. The Bertz CT molecular complexity index is 3140. The van der Waals surface area contributed by atoms with Gasteiger partial charge in [0.1, 0.15) is 5.58 Å². The Morgan fingerprint density at radius 2 is 0.733 bits per heavy atom. The van der Waals surface area contributed by atoms with Gasteiger partial charge in [-0.3, -0.25) is 0 Å². The molecule has 0 saturated carbocycles. The van der Waals surface area contributed by atoms with Crippen LogP contribution in [0, 0.1) is 0 Å². The topological polar surface area (TPSA) is 55.1 Å². The first-order chi connectivity index (χ1) is 29.7. The second-order valence-electron chi connectivity index (χ2n) is 14.8. The summed E-state index contributed by atoms with van der Waals surface area (Å²) in [4.78, 5) is 17.3. The lowest BCUT2D eigenvalue weighted by atomic mass is 10.00. The highest BCUT2D eigenvalue weighted by Crippen LogP contribution is 2.47. The summed E-state index contributed by atoms with van der Waals surface area (Å²) in [6.45, 7) is 0. The summed E-state index contributed by atoms with van der Waals surface area (Å²) in [6, 6.07) is 75.8. The molecule has 60 heavy (non-hydrogen) atoms. The second kappa shape index (κ2) is 15.0. The summed E-state index contributed by atoms with van der Waals surface area (Å²) in [5.41, 5.74) is 12.0. The van der Waals surface area contributed by atoms with Gasteiger partial charge in [-0.15, -0.1) is 0 Å². The molecule has 0 aliphatic carbocycles. The molecule has 282 valence electrons. The van der Waals surface area contributed by atoms with E-state index in [0.717, 1.165) is 77.6 Å². The summed E-state index contributed by atoms with van der Waals surface area (Å²) >= 11 is 0. The van der Waals surface area contributed by atoms with E-state index in [4.69, 9.17) is 19.4 Å². The van der Waals surface area contributed by atoms with E-state index in [-0.39, 0.29) is 0 Å². The molecule has 0 unspecified atom stereocenters. The van der Waals surface area contributed by atoms with E-state index in [1.54, 1.807) is 0 Å². The molecule has 5 nitrogen and oxygen atoms in total. The number of rotatable bonds is 8. The largest absolute Gasteiger partial charge is 0.454 e. The highest BCUT2D eigenvalue weighted by atomic mass is 16.3. The third-order valence-electron chi connectivity index (χ3n) is 11.1. The molecule has 0 radical (unpaired) electrons. The number of aromatic nitrogens is 3. The Morgan fingerprint density at radius 1 is 0.317 bits per heavy atom. The average Bonchev–Trinajstić information content (AvgIpc) is 3.70. The van der Waals surface area contributed by atoms with Gasteiger partial charge in [-0.25, -0.2) is 15.0 Å². The second-order valence-corrected chi connectivity index (χ2v) is 14.8. The molecule has 0 saturated heterocycles. The van der Waals surface area contributed by atoms with Gasteiger partial charge in [0.25, 0.3) is 0 Å². The van der Waals surface area contributed by atoms with E-state index < -0.39 is 0 Å². The molecule has 11 rings (SSSR count). The minimum Gasteiger partial charge on any atom is -0.454 e. The Kier molecular flexibility index (Phi) is 8.75. The van der Waals surface area contributed by atoms with Crippen LogP contribution in [-0.4, -0.2) is 15.0 Å². The van der Waals surface area contributed by atoms with Crippen LogP contribution >= 0.6 is 0 Å². The highest BCUT2D eigenvalue weighted by molar-refractivity contribution is 6.19. The number of benzene rings is 9. The van der Waals surface area contributed by atoms with Crippen LogP contribution in [0.3, 0.4) is 0 Å². The van der Waals surface area contributed by atoms with Crippen molar-refractivity contribution in [2.45, 2.75) is 0 Å². The lowest BCUT2D eigenvalue weighted by Gasteiger charge is -2.27. The molecule has 0 aliphatic rings. The molecule has 9 aromatic carbocycles. The highest BCUT2D eigenvalue weighted by Gasteiger charge is 2.24. The molecular formula is C55H36N4O. The minimum atomic E-state index is 0.596. The zero-order valence-corrected chi connectivity index (χ0v) is 32.5. The maximum atomic E-state index is 6.98. The maximum Gasteiger partial charge on any atom is 0.164 e. The summed E-state index contributed by atoms with van der Waals surface area (Å²) < 4.78 is 6.98. The van der Waals surface area contributed by atoms with E-state index >= 15 is 0 Å². The van der Waals surface area contributed by atoms with Crippen molar-refractivity contribution in [2.75, 3.05) is 4.90 Å². The lowest BCUT2D eigenvalue weighted by Crippen LogP contribution is -2.11. The van der Waals surface area contributed by atoms with Gasteiger partial charge < -0.3 is 9.32 Å². The SMILES string of the molecule is c1ccc(-c2ccc(N(c3ccc(-c4ccccc4)cc3)c3c4ccccc4cc4c3oc3ccc(-c5nc(-c6ccccc6)nc(-c6ccccc6)n5)cc34)cc2)cc1. The zero-order chi connectivity index (χ0) is 39.8. The van der Waals surface area contributed by atoms with Gasteiger partial charge in [0.05, 0.1) is 5.69 Å². The van der Waals surface area contributed by atoms with E-state index in [0.29, 0.717) is 17.5 Å². The number of furan rings is 1. The summed E-state index contributed by atoms with van der Waals surface area (Å²) in [5, 5.41) is 4.18. The molecule has 0 fully saturated rings. The first-order valence-corrected chi connectivity index (χ1v) is 20.1. The quantitative estimate of drug-likeness (QED) is 0.154. The van der Waals surface area contributed by atoms with Crippen molar-refractivity contribution in [1.29, 1.82) is 0 Å². The van der Waals surface area contributed by atoms with Crippen molar-refractivity contribution < 1.29 is 4.42 Å². The Hall–Kier alpha value is -8.15. The van der Waals surface area contributed by atoms with Crippen LogP contribution in [0.15, 0.2) is 223 Å². The van der Waals surface area contributed by atoms with Crippen LogP contribution < -0.4 is 4.90 Å². The van der Waals surface area contributed by atoms with Crippen LogP contribution in [0.5, 0.6) is 0 Å². The summed E-state index contributed by atoms with van der Waals surface area (Å²) in [6.07, 6.45) is 0. The molecule has 2 aromatic heterocycles. The molecule has 5 heteroatoms. The van der Waals surface area contributed by atoms with Crippen molar-refractivity contribution in [1.82, 2.24) is 15.0 Å². The van der Waals surface area contributed by atoms with Gasteiger partial charge in [0, 0.05) is 44.2 Å². The van der Waals surface area contributed by atoms with Crippen molar-refractivity contribution in [3.05, 3.63) is 218 Å². The minimum absolute atomic E-state index is 0.596. The fourth-order valence-corrected chi connectivity index (χ4v) is 8.13. The van der Waals surface area contributed by atoms with Gasteiger partial charge in [-0.05, 0) is 76.2 Å². The molecule has 0 bridgehead atoms. The first kappa shape index (κ1) is 35.0. The smallest absolute Gasteiger partial charge is 0.164 e. The first-order valence-electron chi connectivity index (χ1n) is 20.1. The molecule has 2 heterocycles. The fraction of sp³-hybridized carbons (Fsp3) is 0. The normalized spacial score (nSPS) is 11.3. The molecule has 0 N–H and O–H groups in total. The van der Waals surface area contributed by atoms with Gasteiger partial charge in [-0.1, -0.05) is 170 Å². The predicted octanol–water partition coefficient (Wildman–Crippen LogP) is 14.7. The molecule has 11 aromatic rings. The maximum absolute atomic E-state index is 6.98. The zero-order valence-electron chi connectivity index (χ0n) is 32.5. The Balaban J connectivity index is 1.11. The standard InChI is InChI=1S/C55H36N4O/c1-5-15-37(16-6-1)39-25-30-45(31-26-39)59(46-32-27-40(28-33-46)38-17-7-2-8-18-38)51-47-24-14-13-23-43(47)35-49-48-36-44(29-34-50(48)60-52(49)51)55-57-53(41-19-9-3-10-20-41)56-54(58-55)42-21-11-4-12-22-42/h1-36H. The van der Waals surface area contributed by atoms with E-state index in [2.05, 4.69) is 150 Å². The van der Waals surface area contributed by atoms with Gasteiger partial charge >= 0.3 is 0 Å². The molecule has 0 spiro atoms. The van der Waals surface area contributed by atoms with Gasteiger partial charge in [0.15, 0.2) is 23.1 Å². The number of fused-ring (bicyclic) bond motifs is 4. The van der Waals surface area contributed by atoms with Gasteiger partial charge in [0.2, 0.25) is 0 Å². The number of hydrogen-bond acceptors (Lipinski definition) is 5. The van der Waals surface area contributed by atoms with Gasteiger partial charge in [-0.2, -0.15) is 0 Å². The summed E-state index contributed by atoms with van der Waals surface area (Å²) in [7, 11) is 0. The fourth-order valence-electron chi connectivity index (χ4n) is 8.13. The Morgan fingerprint density at radius 3 is 1.25 bits per heavy atom.